The minimum absolute atomic E-state index is 0.202. The SMILES string of the molecule is CNC1CC(C)(C)Oc2cc(F)c(C)cc21. The molecule has 2 nitrogen and oxygen atoms in total. The maximum atomic E-state index is 13.5. The lowest BCUT2D eigenvalue weighted by Gasteiger charge is -2.37. The molecule has 1 unspecified atom stereocenters. The summed E-state index contributed by atoms with van der Waals surface area (Å²) in [6, 6.07) is 3.61. The van der Waals surface area contributed by atoms with Crippen molar-refractivity contribution in [3.63, 3.8) is 0 Å². The minimum Gasteiger partial charge on any atom is -0.487 e. The van der Waals surface area contributed by atoms with E-state index in [1.54, 1.807) is 6.92 Å². The van der Waals surface area contributed by atoms with E-state index in [1.807, 2.05) is 27.0 Å². The van der Waals surface area contributed by atoms with Crippen LogP contribution < -0.4 is 10.1 Å². The summed E-state index contributed by atoms with van der Waals surface area (Å²) in [6.07, 6.45) is 0.890. The van der Waals surface area contributed by atoms with Crippen LogP contribution in [0.3, 0.4) is 0 Å². The van der Waals surface area contributed by atoms with E-state index >= 15 is 0 Å². The topological polar surface area (TPSA) is 21.3 Å². The average Bonchev–Trinajstić information content (AvgIpc) is 2.18. The molecule has 16 heavy (non-hydrogen) atoms. The number of rotatable bonds is 1. The minimum atomic E-state index is -0.248. The second-order valence-corrected chi connectivity index (χ2v) is 5.05. The van der Waals surface area contributed by atoms with Gasteiger partial charge in [0.05, 0.1) is 0 Å². The van der Waals surface area contributed by atoms with Gasteiger partial charge in [-0.25, -0.2) is 4.39 Å². The molecule has 1 N–H and O–H groups in total. The Labute approximate surface area is 95.8 Å². The van der Waals surface area contributed by atoms with Gasteiger partial charge in [-0.1, -0.05) is 0 Å². The van der Waals surface area contributed by atoms with Crippen LogP contribution in [0.4, 0.5) is 4.39 Å². The molecule has 1 atom stereocenters. The molecule has 1 aromatic rings. The van der Waals surface area contributed by atoms with E-state index < -0.39 is 0 Å². The number of halogens is 1. The van der Waals surface area contributed by atoms with Crippen molar-refractivity contribution in [2.45, 2.75) is 38.8 Å². The van der Waals surface area contributed by atoms with Gasteiger partial charge in [0.25, 0.3) is 0 Å². The smallest absolute Gasteiger partial charge is 0.129 e. The maximum Gasteiger partial charge on any atom is 0.129 e. The summed E-state index contributed by atoms with van der Waals surface area (Å²) in [6.45, 7) is 5.83. The largest absolute Gasteiger partial charge is 0.487 e. The highest BCUT2D eigenvalue weighted by Crippen LogP contribution is 2.40. The van der Waals surface area contributed by atoms with Crippen LogP contribution in [0.15, 0.2) is 12.1 Å². The number of benzene rings is 1. The number of nitrogens with one attached hydrogen (secondary N) is 1. The van der Waals surface area contributed by atoms with Gasteiger partial charge in [-0.05, 0) is 39.4 Å². The first-order chi connectivity index (χ1) is 7.43. The molecule has 0 spiro atoms. The molecule has 1 aliphatic rings. The van der Waals surface area contributed by atoms with E-state index in [9.17, 15) is 4.39 Å². The monoisotopic (exact) mass is 223 g/mol. The highest BCUT2D eigenvalue weighted by atomic mass is 19.1. The molecule has 1 aromatic carbocycles. The number of fused-ring (bicyclic) bond motifs is 1. The van der Waals surface area contributed by atoms with E-state index in [0.29, 0.717) is 11.3 Å². The van der Waals surface area contributed by atoms with E-state index in [2.05, 4.69) is 5.32 Å². The second-order valence-electron chi connectivity index (χ2n) is 5.05. The normalized spacial score (nSPS) is 22.4. The fourth-order valence-corrected chi connectivity index (χ4v) is 2.24. The van der Waals surface area contributed by atoms with Crippen molar-refractivity contribution in [2.24, 2.45) is 0 Å². The standard InChI is InChI=1S/C13H18FNO/c1-8-5-9-11(15-4)7-13(2,3)16-12(9)6-10(8)14/h5-6,11,15H,7H2,1-4H3. The molecule has 1 aliphatic heterocycles. The van der Waals surface area contributed by atoms with Gasteiger partial charge in [0.2, 0.25) is 0 Å². The first-order valence-corrected chi connectivity index (χ1v) is 5.59. The van der Waals surface area contributed by atoms with Gasteiger partial charge in [0.1, 0.15) is 17.2 Å². The summed E-state index contributed by atoms with van der Waals surface area (Å²) in [7, 11) is 1.93. The Morgan fingerprint density at radius 2 is 2.12 bits per heavy atom. The van der Waals surface area contributed by atoms with Crippen LogP contribution in [-0.2, 0) is 0 Å². The lowest BCUT2D eigenvalue weighted by Crippen LogP contribution is -2.38. The van der Waals surface area contributed by atoms with Crippen molar-refractivity contribution in [3.8, 4) is 5.75 Å². The van der Waals surface area contributed by atoms with E-state index in [1.165, 1.54) is 6.07 Å². The van der Waals surface area contributed by atoms with Gasteiger partial charge < -0.3 is 10.1 Å². The van der Waals surface area contributed by atoms with Crippen molar-refractivity contribution in [1.29, 1.82) is 0 Å². The lowest BCUT2D eigenvalue weighted by molar-refractivity contribution is 0.0670. The Hall–Kier alpha value is -1.09. The Morgan fingerprint density at radius 1 is 1.44 bits per heavy atom. The van der Waals surface area contributed by atoms with E-state index in [0.717, 1.165) is 12.0 Å². The van der Waals surface area contributed by atoms with Gasteiger partial charge in [-0.15, -0.1) is 0 Å². The molecular formula is C13H18FNO. The van der Waals surface area contributed by atoms with Crippen molar-refractivity contribution in [1.82, 2.24) is 5.32 Å². The van der Waals surface area contributed by atoms with Crippen LogP contribution in [0, 0.1) is 12.7 Å². The van der Waals surface area contributed by atoms with Crippen LogP contribution in [0.5, 0.6) is 5.75 Å². The van der Waals surface area contributed by atoms with Gasteiger partial charge in [0, 0.05) is 24.1 Å². The van der Waals surface area contributed by atoms with Gasteiger partial charge >= 0.3 is 0 Å². The molecule has 2 rings (SSSR count). The van der Waals surface area contributed by atoms with Crippen LogP contribution in [0.25, 0.3) is 0 Å². The average molecular weight is 223 g/mol. The molecule has 0 aromatic heterocycles. The molecular weight excluding hydrogens is 205 g/mol. The quantitative estimate of drug-likeness (QED) is 0.790. The highest BCUT2D eigenvalue weighted by Gasteiger charge is 2.33. The molecule has 0 fully saturated rings. The summed E-state index contributed by atoms with van der Waals surface area (Å²) >= 11 is 0. The Balaban J connectivity index is 2.50. The number of ether oxygens (including phenoxy) is 1. The summed E-state index contributed by atoms with van der Waals surface area (Å²) < 4.78 is 19.3. The molecule has 0 amide bonds. The molecule has 0 aliphatic carbocycles. The van der Waals surface area contributed by atoms with Crippen LogP contribution in [0.2, 0.25) is 0 Å². The molecule has 3 heteroatoms. The van der Waals surface area contributed by atoms with Gasteiger partial charge in [-0.3, -0.25) is 0 Å². The number of aryl methyl sites for hydroxylation is 1. The van der Waals surface area contributed by atoms with Crippen LogP contribution in [-0.4, -0.2) is 12.6 Å². The molecule has 0 saturated heterocycles. The molecule has 0 saturated carbocycles. The predicted octanol–water partition coefficient (Wildman–Crippen LogP) is 2.96. The number of hydrogen-bond donors (Lipinski definition) is 1. The third-order valence-electron chi connectivity index (χ3n) is 3.10. The van der Waals surface area contributed by atoms with Crippen LogP contribution in [0.1, 0.15) is 37.4 Å². The molecule has 0 radical (unpaired) electrons. The summed E-state index contributed by atoms with van der Waals surface area (Å²) in [5.41, 5.74) is 1.48. The first kappa shape index (κ1) is 11.4. The van der Waals surface area contributed by atoms with Crippen molar-refractivity contribution >= 4 is 0 Å². The van der Waals surface area contributed by atoms with Crippen LogP contribution >= 0.6 is 0 Å². The Bertz CT molecular complexity index is 415. The second kappa shape index (κ2) is 3.74. The van der Waals surface area contributed by atoms with Gasteiger partial charge in [-0.2, -0.15) is 0 Å². The van der Waals surface area contributed by atoms with E-state index in [-0.39, 0.29) is 17.5 Å². The summed E-state index contributed by atoms with van der Waals surface area (Å²) in [5, 5.41) is 3.26. The van der Waals surface area contributed by atoms with Gasteiger partial charge in [0.15, 0.2) is 0 Å². The summed E-state index contributed by atoms with van der Waals surface area (Å²) in [4.78, 5) is 0. The Morgan fingerprint density at radius 3 is 2.75 bits per heavy atom. The zero-order valence-electron chi connectivity index (χ0n) is 10.2. The third kappa shape index (κ3) is 1.92. The lowest BCUT2D eigenvalue weighted by atomic mass is 9.89. The molecule has 1 heterocycles. The first-order valence-electron chi connectivity index (χ1n) is 5.59. The Kier molecular flexibility index (Phi) is 2.66. The van der Waals surface area contributed by atoms with Crippen molar-refractivity contribution in [2.75, 3.05) is 7.05 Å². The molecule has 88 valence electrons. The molecule has 0 bridgehead atoms. The van der Waals surface area contributed by atoms with Crippen molar-refractivity contribution < 1.29 is 9.13 Å². The highest BCUT2D eigenvalue weighted by molar-refractivity contribution is 5.42. The van der Waals surface area contributed by atoms with E-state index in [4.69, 9.17) is 4.74 Å². The fourth-order valence-electron chi connectivity index (χ4n) is 2.24. The maximum absolute atomic E-state index is 13.5. The fraction of sp³-hybridized carbons (Fsp3) is 0.538. The predicted molar refractivity (Wildman–Crippen MR) is 62.3 cm³/mol. The van der Waals surface area contributed by atoms with Crippen molar-refractivity contribution in [3.05, 3.63) is 29.1 Å². The zero-order valence-corrected chi connectivity index (χ0v) is 10.2. The zero-order chi connectivity index (χ0) is 11.9. The number of hydrogen-bond acceptors (Lipinski definition) is 2. The third-order valence-corrected chi connectivity index (χ3v) is 3.10. The summed E-state index contributed by atoms with van der Waals surface area (Å²) in [5.74, 6) is 0.463.